The molecule has 0 radical (unpaired) electrons. The van der Waals surface area contributed by atoms with Crippen molar-refractivity contribution in [2.45, 2.75) is 0 Å². The van der Waals surface area contributed by atoms with Gasteiger partial charge in [0, 0.05) is 37.8 Å². The summed E-state index contributed by atoms with van der Waals surface area (Å²) >= 11 is 0. The second-order valence-corrected chi connectivity index (χ2v) is 7.71. The van der Waals surface area contributed by atoms with Crippen molar-refractivity contribution in [3.05, 3.63) is 88.7 Å². The van der Waals surface area contributed by atoms with E-state index < -0.39 is 11.3 Å². The fourth-order valence-corrected chi connectivity index (χ4v) is 3.80. The maximum absolute atomic E-state index is 13.5. The summed E-state index contributed by atoms with van der Waals surface area (Å²) in [5, 5.41) is 0.328. The molecule has 0 aliphatic heterocycles. The van der Waals surface area contributed by atoms with Crippen LogP contribution >= 0.6 is 0 Å². The zero-order chi connectivity index (χ0) is 24.9. The number of hydrogen-bond acceptors (Lipinski definition) is 6. The summed E-state index contributed by atoms with van der Waals surface area (Å²) in [5.41, 5.74) is 1.59. The number of rotatable bonds is 8. The Labute approximate surface area is 202 Å². The van der Waals surface area contributed by atoms with Crippen LogP contribution in [0.2, 0.25) is 0 Å². The maximum Gasteiger partial charge on any atom is 0.263 e. The average Bonchev–Trinajstić information content (AvgIpc) is 2.91. The molecule has 0 unspecified atom stereocenters. The first kappa shape index (κ1) is 23.8. The Morgan fingerprint density at radius 3 is 2.20 bits per heavy atom. The topological polar surface area (TPSA) is 79.2 Å². The number of anilines is 1. The van der Waals surface area contributed by atoms with E-state index in [4.69, 9.17) is 18.9 Å². The van der Waals surface area contributed by atoms with E-state index in [0.717, 1.165) is 5.69 Å². The number of benzene rings is 3. The van der Waals surface area contributed by atoms with Crippen molar-refractivity contribution in [1.29, 1.82) is 0 Å². The number of nitrogens with zero attached hydrogens (tertiary/aromatic N) is 2. The highest BCUT2D eigenvalue weighted by molar-refractivity contribution is 6.07. The first-order valence-electron chi connectivity index (χ1n) is 10.8. The molecule has 4 rings (SSSR count). The molecule has 0 saturated carbocycles. The Hall–Kier alpha value is -4.30. The molecule has 3 aromatic carbocycles. The standard InChI is InChI=1S/C27H26N2O6/c1-28(18-8-6-5-7-9-18)27(31)22-16-29(19-10-12-20(13-11-19)35-17-32-2)23-15-25(34-4)24(33-3)14-21(23)26(22)30/h5-16H,17H2,1-4H3. The lowest BCUT2D eigenvalue weighted by Crippen LogP contribution is -2.31. The third-order valence-electron chi connectivity index (χ3n) is 5.65. The zero-order valence-corrected chi connectivity index (χ0v) is 20.0. The molecule has 1 aromatic heterocycles. The maximum atomic E-state index is 13.5. The van der Waals surface area contributed by atoms with E-state index in [2.05, 4.69) is 0 Å². The Morgan fingerprint density at radius 2 is 1.57 bits per heavy atom. The third-order valence-corrected chi connectivity index (χ3v) is 5.65. The highest BCUT2D eigenvalue weighted by Crippen LogP contribution is 2.32. The van der Waals surface area contributed by atoms with Gasteiger partial charge in [0.25, 0.3) is 5.91 Å². The van der Waals surface area contributed by atoms with Crippen LogP contribution < -0.4 is 24.5 Å². The van der Waals surface area contributed by atoms with Crippen LogP contribution in [0.25, 0.3) is 16.6 Å². The van der Waals surface area contributed by atoms with Crippen molar-refractivity contribution in [1.82, 2.24) is 4.57 Å². The second-order valence-electron chi connectivity index (χ2n) is 7.71. The highest BCUT2D eigenvalue weighted by atomic mass is 16.7. The largest absolute Gasteiger partial charge is 0.493 e. The van der Waals surface area contributed by atoms with Crippen LogP contribution in [-0.2, 0) is 4.74 Å². The second kappa shape index (κ2) is 10.3. The van der Waals surface area contributed by atoms with Gasteiger partial charge in [-0.3, -0.25) is 9.59 Å². The molecular formula is C27H26N2O6. The molecule has 0 N–H and O–H groups in total. The number of carbonyl (C=O) groups excluding carboxylic acids is 1. The number of carbonyl (C=O) groups is 1. The van der Waals surface area contributed by atoms with Crippen LogP contribution in [-0.4, -0.2) is 45.6 Å². The summed E-state index contributed by atoms with van der Waals surface area (Å²) in [4.78, 5) is 28.5. The average molecular weight is 475 g/mol. The van der Waals surface area contributed by atoms with Crippen molar-refractivity contribution in [2.75, 3.05) is 40.1 Å². The lowest BCUT2D eigenvalue weighted by Gasteiger charge is -2.20. The van der Waals surface area contributed by atoms with Gasteiger partial charge < -0.3 is 28.4 Å². The van der Waals surface area contributed by atoms with Gasteiger partial charge in [-0.05, 0) is 42.5 Å². The molecule has 0 fully saturated rings. The number of fused-ring (bicyclic) bond motifs is 1. The van der Waals surface area contributed by atoms with Gasteiger partial charge in [-0.1, -0.05) is 18.2 Å². The van der Waals surface area contributed by atoms with Gasteiger partial charge in [0.15, 0.2) is 18.3 Å². The molecule has 8 heteroatoms. The molecule has 0 spiro atoms. The van der Waals surface area contributed by atoms with Gasteiger partial charge in [0.2, 0.25) is 5.43 Å². The fourth-order valence-electron chi connectivity index (χ4n) is 3.80. The highest BCUT2D eigenvalue weighted by Gasteiger charge is 2.22. The summed E-state index contributed by atoms with van der Waals surface area (Å²) in [5.74, 6) is 1.06. The normalized spacial score (nSPS) is 10.7. The number of ether oxygens (including phenoxy) is 4. The van der Waals surface area contributed by atoms with Gasteiger partial charge in [0.05, 0.1) is 25.1 Å². The zero-order valence-electron chi connectivity index (χ0n) is 20.0. The number of pyridine rings is 1. The predicted molar refractivity (Wildman–Crippen MR) is 134 cm³/mol. The van der Waals surface area contributed by atoms with E-state index in [1.807, 2.05) is 42.5 Å². The van der Waals surface area contributed by atoms with Gasteiger partial charge in [0.1, 0.15) is 11.3 Å². The first-order chi connectivity index (χ1) is 17.0. The van der Waals surface area contributed by atoms with E-state index in [1.54, 1.807) is 49.2 Å². The van der Waals surface area contributed by atoms with Crippen molar-refractivity contribution in [2.24, 2.45) is 0 Å². The molecule has 0 bridgehead atoms. The molecule has 4 aromatic rings. The molecule has 0 aliphatic rings. The lowest BCUT2D eigenvalue weighted by atomic mass is 10.1. The summed E-state index contributed by atoms with van der Waals surface area (Å²) in [7, 11) is 6.22. The predicted octanol–water partition coefficient (Wildman–Crippen LogP) is 4.27. The summed E-state index contributed by atoms with van der Waals surface area (Å²) < 4.78 is 23.1. The quantitative estimate of drug-likeness (QED) is 0.355. The van der Waals surface area contributed by atoms with E-state index in [0.29, 0.717) is 33.8 Å². The third kappa shape index (κ3) is 4.69. The van der Waals surface area contributed by atoms with Gasteiger partial charge in [-0.25, -0.2) is 0 Å². The number of hydrogen-bond donors (Lipinski definition) is 0. The first-order valence-corrected chi connectivity index (χ1v) is 10.8. The SMILES string of the molecule is COCOc1ccc(-n2cc(C(=O)N(C)c3ccccc3)c(=O)c3cc(OC)c(OC)cc32)cc1. The minimum atomic E-state index is -0.424. The molecule has 35 heavy (non-hydrogen) atoms. The molecule has 0 aliphatic carbocycles. The van der Waals surface area contributed by atoms with Crippen LogP contribution in [0.15, 0.2) is 77.7 Å². The number of para-hydroxylation sites is 1. The Kier molecular flexibility index (Phi) is 7.03. The van der Waals surface area contributed by atoms with Gasteiger partial charge in [-0.15, -0.1) is 0 Å². The lowest BCUT2D eigenvalue weighted by molar-refractivity contribution is 0.0511. The minimum Gasteiger partial charge on any atom is -0.493 e. The van der Waals surface area contributed by atoms with Gasteiger partial charge >= 0.3 is 0 Å². The molecule has 1 heterocycles. The number of methoxy groups -OCH3 is 3. The molecule has 0 saturated heterocycles. The summed E-state index contributed by atoms with van der Waals surface area (Å²) in [6.07, 6.45) is 1.56. The Balaban J connectivity index is 1.92. The minimum absolute atomic E-state index is 0.0239. The summed E-state index contributed by atoms with van der Waals surface area (Å²) in [6, 6.07) is 19.7. The summed E-state index contributed by atoms with van der Waals surface area (Å²) in [6.45, 7) is 0.127. The number of amides is 1. The van der Waals surface area contributed by atoms with Crippen LogP contribution in [0.4, 0.5) is 5.69 Å². The van der Waals surface area contributed by atoms with Crippen molar-refractivity contribution >= 4 is 22.5 Å². The number of aromatic nitrogens is 1. The molecule has 180 valence electrons. The monoisotopic (exact) mass is 474 g/mol. The van der Waals surface area contributed by atoms with Crippen molar-refractivity contribution in [3.8, 4) is 22.9 Å². The molecule has 1 amide bonds. The molecule has 8 nitrogen and oxygen atoms in total. The van der Waals surface area contributed by atoms with Crippen LogP contribution in [0.3, 0.4) is 0 Å². The van der Waals surface area contributed by atoms with E-state index in [9.17, 15) is 9.59 Å². The van der Waals surface area contributed by atoms with Crippen molar-refractivity contribution < 1.29 is 23.7 Å². The molecule has 0 atom stereocenters. The van der Waals surface area contributed by atoms with Crippen LogP contribution in [0, 0.1) is 0 Å². The van der Waals surface area contributed by atoms with E-state index in [1.165, 1.54) is 19.1 Å². The van der Waals surface area contributed by atoms with Crippen LogP contribution in [0.1, 0.15) is 10.4 Å². The fraction of sp³-hybridized carbons (Fsp3) is 0.185. The van der Waals surface area contributed by atoms with Crippen LogP contribution in [0.5, 0.6) is 17.2 Å². The molecular weight excluding hydrogens is 448 g/mol. The van der Waals surface area contributed by atoms with Crippen molar-refractivity contribution in [3.63, 3.8) is 0 Å². The smallest absolute Gasteiger partial charge is 0.263 e. The Morgan fingerprint density at radius 1 is 0.914 bits per heavy atom. The van der Waals surface area contributed by atoms with E-state index >= 15 is 0 Å². The Bertz CT molecular complexity index is 1400. The van der Waals surface area contributed by atoms with E-state index in [-0.39, 0.29) is 12.4 Å². The van der Waals surface area contributed by atoms with Gasteiger partial charge in [-0.2, -0.15) is 0 Å².